The number of aryl methyl sites for hydroxylation is 1. The van der Waals surface area contributed by atoms with E-state index >= 15 is 0 Å². The van der Waals surface area contributed by atoms with Gasteiger partial charge in [-0.2, -0.15) is 0 Å². The first-order valence-electron chi connectivity index (χ1n) is 10.6. The molecule has 4 rings (SSSR count). The Morgan fingerprint density at radius 1 is 1.18 bits per heavy atom. The zero-order valence-electron chi connectivity index (χ0n) is 18.1. The summed E-state index contributed by atoms with van der Waals surface area (Å²) >= 11 is 1.24. The molecule has 3 aromatic rings. The Hall–Kier alpha value is -3.21. The van der Waals surface area contributed by atoms with Crippen LogP contribution in [0.4, 0.5) is 15.8 Å². The molecular weight excluding hydrogens is 445 g/mol. The molecule has 1 aliphatic rings. The molecule has 0 saturated carbocycles. The standard InChI is InChI=1S/C23H24FN5O3S/c1-15-21(33-23(26-15)18-4-2-3-8-25-18)22(31)27-16-5-6-17(24)19(14-16)28-20(30)7-9-29-10-12-32-13-11-29/h2-6,8,14H,7,9-13H2,1H3,(H,27,31)(H,28,30). The summed E-state index contributed by atoms with van der Waals surface area (Å²) in [4.78, 5) is 36.4. The average molecular weight is 470 g/mol. The number of carbonyl (C=O) groups is 2. The van der Waals surface area contributed by atoms with Crippen molar-refractivity contribution in [3.63, 3.8) is 0 Å². The largest absolute Gasteiger partial charge is 0.379 e. The maximum atomic E-state index is 14.3. The Morgan fingerprint density at radius 2 is 2.00 bits per heavy atom. The lowest BCUT2D eigenvalue weighted by molar-refractivity contribution is -0.116. The number of morpholine rings is 1. The molecule has 0 spiro atoms. The second-order valence-corrected chi connectivity index (χ2v) is 8.55. The first-order valence-corrected chi connectivity index (χ1v) is 11.4. The number of pyridine rings is 1. The van der Waals surface area contributed by atoms with Crippen LogP contribution in [0, 0.1) is 12.7 Å². The van der Waals surface area contributed by atoms with Gasteiger partial charge in [0.15, 0.2) is 0 Å². The van der Waals surface area contributed by atoms with Gasteiger partial charge in [-0.05, 0) is 37.3 Å². The Kier molecular flexibility index (Phi) is 7.38. The molecule has 1 saturated heterocycles. The predicted octanol–water partition coefficient (Wildman–Crippen LogP) is 3.57. The van der Waals surface area contributed by atoms with Gasteiger partial charge in [-0.1, -0.05) is 6.07 Å². The molecule has 0 aliphatic carbocycles. The number of nitrogens with one attached hydrogen (secondary N) is 2. The molecule has 3 heterocycles. The van der Waals surface area contributed by atoms with E-state index < -0.39 is 5.82 Å². The third kappa shape index (κ3) is 5.98. The van der Waals surface area contributed by atoms with Crippen molar-refractivity contribution in [2.75, 3.05) is 43.5 Å². The zero-order valence-corrected chi connectivity index (χ0v) is 19.0. The van der Waals surface area contributed by atoms with Crippen molar-refractivity contribution in [2.45, 2.75) is 13.3 Å². The van der Waals surface area contributed by atoms with Crippen LogP contribution in [0.5, 0.6) is 0 Å². The van der Waals surface area contributed by atoms with Gasteiger partial charge < -0.3 is 15.4 Å². The highest BCUT2D eigenvalue weighted by Crippen LogP contribution is 2.28. The number of rotatable bonds is 7. The normalized spacial score (nSPS) is 14.1. The highest BCUT2D eigenvalue weighted by atomic mass is 32.1. The number of thiazole rings is 1. The lowest BCUT2D eigenvalue weighted by Gasteiger charge is -2.26. The van der Waals surface area contributed by atoms with Gasteiger partial charge in [-0.15, -0.1) is 11.3 Å². The summed E-state index contributed by atoms with van der Waals surface area (Å²) in [5.41, 5.74) is 1.66. The van der Waals surface area contributed by atoms with E-state index in [2.05, 4.69) is 25.5 Å². The molecule has 33 heavy (non-hydrogen) atoms. The minimum Gasteiger partial charge on any atom is -0.379 e. The Balaban J connectivity index is 1.39. The third-order valence-electron chi connectivity index (χ3n) is 5.14. The van der Waals surface area contributed by atoms with Crippen LogP contribution in [-0.2, 0) is 9.53 Å². The molecule has 1 aromatic carbocycles. The van der Waals surface area contributed by atoms with Gasteiger partial charge in [-0.3, -0.25) is 19.5 Å². The van der Waals surface area contributed by atoms with Crippen LogP contribution in [0.2, 0.25) is 0 Å². The van der Waals surface area contributed by atoms with Gasteiger partial charge in [0, 0.05) is 37.9 Å². The van der Waals surface area contributed by atoms with Crippen molar-refractivity contribution in [2.24, 2.45) is 0 Å². The number of carbonyl (C=O) groups excluding carboxylic acids is 2. The number of hydrogen-bond acceptors (Lipinski definition) is 7. The highest BCUT2D eigenvalue weighted by Gasteiger charge is 2.18. The molecule has 1 aliphatic heterocycles. The summed E-state index contributed by atoms with van der Waals surface area (Å²) in [5, 5.41) is 6.00. The molecule has 2 N–H and O–H groups in total. The fourth-order valence-corrected chi connectivity index (χ4v) is 4.33. The van der Waals surface area contributed by atoms with E-state index in [1.165, 1.54) is 29.5 Å². The number of nitrogens with zero attached hydrogens (tertiary/aromatic N) is 3. The highest BCUT2D eigenvalue weighted by molar-refractivity contribution is 7.17. The Bertz CT molecular complexity index is 1130. The summed E-state index contributed by atoms with van der Waals surface area (Å²) in [6.45, 7) is 5.20. The lowest BCUT2D eigenvalue weighted by atomic mass is 10.2. The van der Waals surface area contributed by atoms with Crippen LogP contribution in [-0.4, -0.2) is 59.5 Å². The first-order chi connectivity index (χ1) is 16.0. The van der Waals surface area contributed by atoms with Crippen LogP contribution >= 0.6 is 11.3 Å². The van der Waals surface area contributed by atoms with E-state index in [0.717, 1.165) is 13.1 Å². The van der Waals surface area contributed by atoms with Gasteiger partial charge in [0.05, 0.1) is 30.3 Å². The number of halogens is 1. The SMILES string of the molecule is Cc1nc(-c2ccccn2)sc1C(=O)Nc1ccc(F)c(NC(=O)CCN2CCOCC2)c1. The second-order valence-electron chi connectivity index (χ2n) is 7.55. The molecule has 2 amide bonds. The van der Waals surface area contributed by atoms with E-state index in [1.807, 2.05) is 18.2 Å². The molecule has 172 valence electrons. The Labute approximate surface area is 194 Å². The third-order valence-corrected chi connectivity index (χ3v) is 6.32. The number of amides is 2. The summed E-state index contributed by atoms with van der Waals surface area (Å²) < 4.78 is 19.6. The molecule has 0 bridgehead atoms. The minimum absolute atomic E-state index is 0.0231. The van der Waals surface area contributed by atoms with Crippen molar-refractivity contribution in [3.8, 4) is 10.7 Å². The molecule has 8 nitrogen and oxygen atoms in total. The fraction of sp³-hybridized carbons (Fsp3) is 0.304. The number of aromatic nitrogens is 2. The number of benzene rings is 1. The average Bonchev–Trinajstić information content (AvgIpc) is 3.23. The van der Waals surface area contributed by atoms with E-state index in [4.69, 9.17) is 4.74 Å². The molecule has 2 aromatic heterocycles. The molecular formula is C23H24FN5O3S. The van der Waals surface area contributed by atoms with Crippen LogP contribution in [0.25, 0.3) is 10.7 Å². The molecule has 0 radical (unpaired) electrons. The molecule has 1 fully saturated rings. The minimum atomic E-state index is -0.570. The quantitative estimate of drug-likeness (QED) is 0.549. The zero-order chi connectivity index (χ0) is 23.2. The smallest absolute Gasteiger partial charge is 0.267 e. The Morgan fingerprint density at radius 3 is 2.76 bits per heavy atom. The molecule has 0 atom stereocenters. The van der Waals surface area contributed by atoms with Crippen LogP contribution in [0.3, 0.4) is 0 Å². The maximum absolute atomic E-state index is 14.3. The summed E-state index contributed by atoms with van der Waals surface area (Å²) in [7, 11) is 0. The fourth-order valence-electron chi connectivity index (χ4n) is 3.39. The second kappa shape index (κ2) is 10.6. The van der Waals surface area contributed by atoms with E-state index in [0.29, 0.717) is 46.7 Å². The topological polar surface area (TPSA) is 96.4 Å². The van der Waals surface area contributed by atoms with Gasteiger partial charge in [0.1, 0.15) is 15.7 Å². The van der Waals surface area contributed by atoms with Crippen LogP contribution in [0.1, 0.15) is 21.8 Å². The molecule has 0 unspecified atom stereocenters. The van der Waals surface area contributed by atoms with Crippen molar-refractivity contribution in [3.05, 3.63) is 59.0 Å². The van der Waals surface area contributed by atoms with Crippen molar-refractivity contribution in [1.82, 2.24) is 14.9 Å². The summed E-state index contributed by atoms with van der Waals surface area (Å²) in [6, 6.07) is 9.57. The first kappa shape index (κ1) is 23.0. The van der Waals surface area contributed by atoms with Gasteiger partial charge in [0.2, 0.25) is 5.91 Å². The summed E-state index contributed by atoms with van der Waals surface area (Å²) in [5.74, 6) is -1.22. The van der Waals surface area contributed by atoms with E-state index in [9.17, 15) is 14.0 Å². The lowest BCUT2D eigenvalue weighted by Crippen LogP contribution is -2.38. The van der Waals surface area contributed by atoms with Crippen LogP contribution < -0.4 is 10.6 Å². The van der Waals surface area contributed by atoms with Crippen LogP contribution in [0.15, 0.2) is 42.6 Å². The van der Waals surface area contributed by atoms with E-state index in [1.54, 1.807) is 13.1 Å². The van der Waals surface area contributed by atoms with Crippen molar-refractivity contribution in [1.29, 1.82) is 0 Å². The van der Waals surface area contributed by atoms with Crippen molar-refractivity contribution >= 4 is 34.5 Å². The predicted molar refractivity (Wildman–Crippen MR) is 125 cm³/mol. The van der Waals surface area contributed by atoms with Gasteiger partial charge in [-0.25, -0.2) is 9.37 Å². The number of anilines is 2. The van der Waals surface area contributed by atoms with Gasteiger partial charge in [0.25, 0.3) is 5.91 Å². The summed E-state index contributed by atoms with van der Waals surface area (Å²) in [6.07, 6.45) is 1.91. The van der Waals surface area contributed by atoms with Gasteiger partial charge >= 0.3 is 0 Å². The maximum Gasteiger partial charge on any atom is 0.267 e. The van der Waals surface area contributed by atoms with E-state index in [-0.39, 0.29) is 23.9 Å². The van der Waals surface area contributed by atoms with Crippen molar-refractivity contribution < 1.29 is 18.7 Å². The monoisotopic (exact) mass is 469 g/mol. The number of ether oxygens (including phenoxy) is 1. The number of hydrogen-bond donors (Lipinski definition) is 2. The molecule has 10 heteroatoms.